The minimum Gasteiger partial charge on any atom is -0.490 e. The number of benzene rings is 1. The van der Waals surface area contributed by atoms with Gasteiger partial charge in [0.2, 0.25) is 5.82 Å². The van der Waals surface area contributed by atoms with Crippen LogP contribution in [0, 0.1) is 35.3 Å². The van der Waals surface area contributed by atoms with Gasteiger partial charge in [0, 0.05) is 5.92 Å². The number of hydrogen-bond donors (Lipinski definition) is 0. The molecule has 1 aromatic carbocycles. The maximum Gasteiger partial charge on any atom is 0.201 e. The van der Waals surface area contributed by atoms with Crippen molar-refractivity contribution in [2.75, 3.05) is 6.61 Å². The lowest BCUT2D eigenvalue weighted by atomic mass is 9.80. The van der Waals surface area contributed by atoms with E-state index in [1.165, 1.54) is 50.7 Å². The Morgan fingerprint density at radius 3 is 2.44 bits per heavy atom. The maximum absolute atomic E-state index is 14.1. The Morgan fingerprint density at radius 1 is 1.00 bits per heavy atom. The second kappa shape index (κ2) is 10.4. The van der Waals surface area contributed by atoms with Gasteiger partial charge in [-0.05, 0) is 50.2 Å². The normalized spacial score (nSPS) is 20.0. The number of ether oxygens (including phenoxy) is 1. The van der Waals surface area contributed by atoms with Gasteiger partial charge in [0.15, 0.2) is 11.6 Å². The van der Waals surface area contributed by atoms with Crippen LogP contribution in [0.1, 0.15) is 77.2 Å². The van der Waals surface area contributed by atoms with Crippen molar-refractivity contribution in [2.24, 2.45) is 11.8 Å². The molecule has 0 heterocycles. The monoisotopic (exact) mass is 348 g/mol. The van der Waals surface area contributed by atoms with E-state index in [-0.39, 0.29) is 11.3 Å². The Labute approximate surface area is 151 Å². The fraction of sp³-hybridized carbons (Fsp3) is 0.636. The zero-order chi connectivity index (χ0) is 18.1. The smallest absolute Gasteiger partial charge is 0.201 e. The first-order valence-corrected chi connectivity index (χ1v) is 9.78. The molecule has 0 N–H and O–H groups in total. The van der Waals surface area contributed by atoms with Crippen molar-refractivity contribution in [3.05, 3.63) is 29.3 Å². The summed E-state index contributed by atoms with van der Waals surface area (Å²) < 4.78 is 33.3. The third-order valence-corrected chi connectivity index (χ3v) is 4.98. The Balaban J connectivity index is 1.90. The zero-order valence-corrected chi connectivity index (χ0v) is 15.5. The van der Waals surface area contributed by atoms with Crippen molar-refractivity contribution >= 4 is 0 Å². The third-order valence-electron chi connectivity index (χ3n) is 4.98. The lowest BCUT2D eigenvalue weighted by molar-refractivity contribution is 0.294. The predicted molar refractivity (Wildman–Crippen MR) is 98.6 cm³/mol. The maximum atomic E-state index is 14.1. The van der Waals surface area contributed by atoms with Crippen LogP contribution in [0.2, 0.25) is 0 Å². The van der Waals surface area contributed by atoms with Crippen LogP contribution in [-0.4, -0.2) is 6.61 Å². The minimum absolute atomic E-state index is 0.0301. The Morgan fingerprint density at radius 2 is 1.76 bits per heavy atom. The summed E-state index contributed by atoms with van der Waals surface area (Å²) >= 11 is 0. The molecule has 0 radical (unpaired) electrons. The number of unbranched alkanes of at least 4 members (excludes halogenated alkanes) is 2. The van der Waals surface area contributed by atoms with Gasteiger partial charge in [0.25, 0.3) is 0 Å². The van der Waals surface area contributed by atoms with Gasteiger partial charge in [-0.15, -0.1) is 0 Å². The quantitative estimate of drug-likeness (QED) is 0.404. The lowest BCUT2D eigenvalue weighted by Crippen LogP contribution is -2.13. The van der Waals surface area contributed by atoms with E-state index in [1.807, 2.05) is 6.92 Å². The van der Waals surface area contributed by atoms with Crippen molar-refractivity contribution < 1.29 is 13.5 Å². The molecule has 0 spiro atoms. The highest BCUT2D eigenvalue weighted by atomic mass is 19.2. The van der Waals surface area contributed by atoms with Gasteiger partial charge >= 0.3 is 0 Å². The Hall–Kier alpha value is -1.56. The molecular formula is C22H30F2O. The van der Waals surface area contributed by atoms with Gasteiger partial charge in [-0.25, -0.2) is 4.39 Å². The molecule has 2 rings (SSSR count). The van der Waals surface area contributed by atoms with Crippen LogP contribution >= 0.6 is 0 Å². The molecule has 0 bridgehead atoms. The summed E-state index contributed by atoms with van der Waals surface area (Å²) in [5.41, 5.74) is 0.131. The SMILES string of the molecule is CCCCCC1CCC(C#Cc2ccc(OCCC)c(F)c2F)CC1. The largest absolute Gasteiger partial charge is 0.490 e. The molecular weight excluding hydrogens is 318 g/mol. The van der Waals surface area contributed by atoms with E-state index in [9.17, 15) is 8.78 Å². The molecule has 1 aliphatic carbocycles. The van der Waals surface area contributed by atoms with Crippen LogP contribution in [0.25, 0.3) is 0 Å². The Bertz CT molecular complexity index is 592. The van der Waals surface area contributed by atoms with E-state index in [1.54, 1.807) is 0 Å². The van der Waals surface area contributed by atoms with Gasteiger partial charge < -0.3 is 4.74 Å². The number of rotatable bonds is 7. The molecule has 0 unspecified atom stereocenters. The molecule has 1 saturated carbocycles. The molecule has 1 aromatic rings. The van der Waals surface area contributed by atoms with Crippen molar-refractivity contribution in [1.29, 1.82) is 0 Å². The summed E-state index contributed by atoms with van der Waals surface area (Å²) in [6.45, 7) is 4.53. The van der Waals surface area contributed by atoms with Crippen molar-refractivity contribution in [1.82, 2.24) is 0 Å². The first-order valence-electron chi connectivity index (χ1n) is 9.78. The zero-order valence-electron chi connectivity index (χ0n) is 15.5. The van der Waals surface area contributed by atoms with E-state index in [4.69, 9.17) is 4.74 Å². The molecule has 3 heteroatoms. The molecule has 1 fully saturated rings. The molecule has 0 saturated heterocycles. The average molecular weight is 348 g/mol. The highest BCUT2D eigenvalue weighted by Crippen LogP contribution is 2.32. The minimum atomic E-state index is -0.931. The summed E-state index contributed by atoms with van der Waals surface area (Å²) in [4.78, 5) is 0. The molecule has 0 amide bonds. The average Bonchev–Trinajstić information content (AvgIpc) is 2.63. The summed E-state index contributed by atoms with van der Waals surface area (Å²) in [6.07, 6.45) is 10.6. The van der Waals surface area contributed by atoms with Crippen LogP contribution < -0.4 is 4.74 Å². The van der Waals surface area contributed by atoms with E-state index >= 15 is 0 Å². The molecule has 138 valence electrons. The van der Waals surface area contributed by atoms with Gasteiger partial charge in [-0.1, -0.05) is 51.4 Å². The van der Waals surface area contributed by atoms with Crippen LogP contribution in [0.4, 0.5) is 8.78 Å². The van der Waals surface area contributed by atoms with E-state index in [0.717, 1.165) is 25.2 Å². The molecule has 0 aliphatic heterocycles. The van der Waals surface area contributed by atoms with E-state index < -0.39 is 11.6 Å². The third kappa shape index (κ3) is 6.03. The second-order valence-corrected chi connectivity index (χ2v) is 7.07. The van der Waals surface area contributed by atoms with Crippen molar-refractivity contribution in [2.45, 2.75) is 71.6 Å². The lowest BCUT2D eigenvalue weighted by Gasteiger charge is -2.25. The van der Waals surface area contributed by atoms with Crippen molar-refractivity contribution in [3.8, 4) is 17.6 Å². The van der Waals surface area contributed by atoms with Gasteiger partial charge in [0.1, 0.15) is 0 Å². The van der Waals surface area contributed by atoms with Crippen LogP contribution in [0.5, 0.6) is 5.75 Å². The fourth-order valence-electron chi connectivity index (χ4n) is 3.41. The molecule has 0 atom stereocenters. The Kier molecular flexibility index (Phi) is 8.25. The first-order chi connectivity index (χ1) is 12.2. The first kappa shape index (κ1) is 19.8. The van der Waals surface area contributed by atoms with Gasteiger partial charge in [-0.3, -0.25) is 0 Å². The standard InChI is InChI=1S/C22H30F2O/c1-3-5-6-7-17-8-10-18(11-9-17)12-13-19-14-15-20(25-16-4-2)22(24)21(19)23/h14-15,17-18H,3-11,16H2,1-2H3. The summed E-state index contributed by atoms with van der Waals surface area (Å²) in [5, 5.41) is 0. The predicted octanol–water partition coefficient (Wildman–Crippen LogP) is 6.49. The van der Waals surface area contributed by atoms with E-state index in [0.29, 0.717) is 12.5 Å². The summed E-state index contributed by atoms with van der Waals surface area (Å²) in [5.74, 6) is 5.29. The molecule has 25 heavy (non-hydrogen) atoms. The van der Waals surface area contributed by atoms with Gasteiger partial charge in [0.05, 0.1) is 12.2 Å². The van der Waals surface area contributed by atoms with Crippen LogP contribution in [-0.2, 0) is 0 Å². The topological polar surface area (TPSA) is 9.23 Å². The molecule has 1 nitrogen and oxygen atoms in total. The molecule has 0 aromatic heterocycles. The molecule has 1 aliphatic rings. The number of hydrogen-bond acceptors (Lipinski definition) is 1. The highest BCUT2D eigenvalue weighted by Gasteiger charge is 2.19. The van der Waals surface area contributed by atoms with Crippen molar-refractivity contribution in [3.63, 3.8) is 0 Å². The van der Waals surface area contributed by atoms with Crippen LogP contribution in [0.3, 0.4) is 0 Å². The number of halogens is 2. The fourth-order valence-corrected chi connectivity index (χ4v) is 3.41. The van der Waals surface area contributed by atoms with Gasteiger partial charge in [-0.2, -0.15) is 4.39 Å². The van der Waals surface area contributed by atoms with E-state index in [2.05, 4.69) is 18.8 Å². The van der Waals surface area contributed by atoms with Crippen LogP contribution in [0.15, 0.2) is 12.1 Å². The highest BCUT2D eigenvalue weighted by molar-refractivity contribution is 5.41. The summed E-state index contributed by atoms with van der Waals surface area (Å²) in [6, 6.07) is 3.00. The summed E-state index contributed by atoms with van der Waals surface area (Å²) in [7, 11) is 0. The second-order valence-electron chi connectivity index (χ2n) is 7.07.